The second kappa shape index (κ2) is 5.93. The number of amides is 1. The van der Waals surface area contributed by atoms with Gasteiger partial charge in [0.25, 0.3) is 5.91 Å². The van der Waals surface area contributed by atoms with Gasteiger partial charge in [-0.05, 0) is 25.1 Å². The molecule has 1 aromatic carbocycles. The minimum Gasteiger partial charge on any atom is -0.497 e. The summed E-state index contributed by atoms with van der Waals surface area (Å²) in [6, 6.07) is 5.46. The largest absolute Gasteiger partial charge is 0.497 e. The van der Waals surface area contributed by atoms with Gasteiger partial charge in [-0.2, -0.15) is 0 Å². The molecule has 1 amide bonds. The third-order valence-electron chi connectivity index (χ3n) is 3.40. The Kier molecular flexibility index (Phi) is 4.27. The summed E-state index contributed by atoms with van der Waals surface area (Å²) in [5.41, 5.74) is 0.551. The first-order valence-corrected chi connectivity index (χ1v) is 6.41. The number of hydrogen-bond donors (Lipinski definition) is 1. The number of nitrogens with one attached hydrogen (secondary N) is 1. The highest BCUT2D eigenvalue weighted by molar-refractivity contribution is 5.97. The van der Waals surface area contributed by atoms with Gasteiger partial charge in [0.2, 0.25) is 0 Å². The van der Waals surface area contributed by atoms with Crippen molar-refractivity contribution in [1.29, 1.82) is 0 Å². The van der Waals surface area contributed by atoms with E-state index in [4.69, 9.17) is 9.47 Å². The van der Waals surface area contributed by atoms with Crippen LogP contribution in [0.15, 0.2) is 18.2 Å². The van der Waals surface area contributed by atoms with Gasteiger partial charge < -0.3 is 19.7 Å². The maximum atomic E-state index is 12.6. The lowest BCUT2D eigenvalue weighted by Gasteiger charge is -2.34. The van der Waals surface area contributed by atoms with Crippen LogP contribution in [0.4, 0.5) is 0 Å². The van der Waals surface area contributed by atoms with Crippen LogP contribution in [0, 0.1) is 0 Å². The molecule has 1 aliphatic heterocycles. The Morgan fingerprint density at radius 3 is 2.79 bits per heavy atom. The van der Waals surface area contributed by atoms with Gasteiger partial charge in [-0.15, -0.1) is 0 Å². The first-order chi connectivity index (χ1) is 9.17. The third kappa shape index (κ3) is 2.81. The zero-order chi connectivity index (χ0) is 13.8. The fraction of sp³-hybridized carbons (Fsp3) is 0.500. The molecule has 0 bridgehead atoms. The molecular weight excluding hydrogens is 244 g/mol. The Hall–Kier alpha value is -1.75. The number of piperazine rings is 1. The highest BCUT2D eigenvalue weighted by Crippen LogP contribution is 2.26. The minimum atomic E-state index is -0.00949. The average molecular weight is 264 g/mol. The lowest BCUT2D eigenvalue weighted by Crippen LogP contribution is -2.52. The van der Waals surface area contributed by atoms with E-state index in [0.717, 1.165) is 13.1 Å². The summed E-state index contributed by atoms with van der Waals surface area (Å²) in [6.45, 7) is 4.39. The molecule has 1 N–H and O–H groups in total. The van der Waals surface area contributed by atoms with Crippen LogP contribution in [0.2, 0.25) is 0 Å². The quantitative estimate of drug-likeness (QED) is 0.889. The average Bonchev–Trinajstić information content (AvgIpc) is 2.46. The molecule has 0 saturated carbocycles. The van der Waals surface area contributed by atoms with Crippen LogP contribution in [0.1, 0.15) is 17.3 Å². The van der Waals surface area contributed by atoms with Gasteiger partial charge in [0, 0.05) is 25.7 Å². The number of rotatable bonds is 3. The molecule has 1 heterocycles. The van der Waals surface area contributed by atoms with Crippen molar-refractivity contribution in [3.8, 4) is 11.5 Å². The van der Waals surface area contributed by atoms with Crippen molar-refractivity contribution in [1.82, 2.24) is 10.2 Å². The van der Waals surface area contributed by atoms with Crippen LogP contribution in [-0.4, -0.2) is 50.7 Å². The first kappa shape index (κ1) is 13.7. The summed E-state index contributed by atoms with van der Waals surface area (Å²) in [5, 5.41) is 3.27. The second-order valence-electron chi connectivity index (χ2n) is 4.62. The van der Waals surface area contributed by atoms with E-state index in [2.05, 4.69) is 5.32 Å². The van der Waals surface area contributed by atoms with Crippen molar-refractivity contribution in [2.45, 2.75) is 13.0 Å². The molecule has 0 aliphatic carbocycles. The van der Waals surface area contributed by atoms with E-state index in [0.29, 0.717) is 23.6 Å². The maximum Gasteiger partial charge on any atom is 0.258 e. The van der Waals surface area contributed by atoms with Crippen molar-refractivity contribution in [3.63, 3.8) is 0 Å². The fourth-order valence-electron chi connectivity index (χ4n) is 2.28. The molecule has 1 fully saturated rings. The molecule has 1 aliphatic rings. The topological polar surface area (TPSA) is 50.8 Å². The van der Waals surface area contributed by atoms with E-state index < -0.39 is 0 Å². The summed E-state index contributed by atoms with van der Waals surface area (Å²) < 4.78 is 10.5. The van der Waals surface area contributed by atoms with Crippen LogP contribution in [0.25, 0.3) is 0 Å². The molecule has 0 aromatic heterocycles. The molecule has 5 heteroatoms. The summed E-state index contributed by atoms with van der Waals surface area (Å²) in [7, 11) is 3.16. The normalized spacial score (nSPS) is 19.1. The zero-order valence-corrected chi connectivity index (χ0v) is 11.6. The highest BCUT2D eigenvalue weighted by atomic mass is 16.5. The number of benzene rings is 1. The molecule has 2 rings (SSSR count). The number of nitrogens with zero attached hydrogens (tertiary/aromatic N) is 1. The highest BCUT2D eigenvalue weighted by Gasteiger charge is 2.26. The third-order valence-corrected chi connectivity index (χ3v) is 3.40. The summed E-state index contributed by atoms with van der Waals surface area (Å²) in [4.78, 5) is 14.5. The Morgan fingerprint density at radius 2 is 2.16 bits per heavy atom. The SMILES string of the molecule is COc1ccc(OC)c(C(=O)N2CCNC[C@@H]2C)c1. The Morgan fingerprint density at radius 1 is 1.37 bits per heavy atom. The molecular formula is C14H20N2O3. The molecule has 1 saturated heterocycles. The number of ether oxygens (including phenoxy) is 2. The second-order valence-corrected chi connectivity index (χ2v) is 4.62. The molecule has 1 aromatic rings. The number of methoxy groups -OCH3 is 2. The molecule has 1 atom stereocenters. The van der Waals surface area contributed by atoms with Crippen LogP contribution in [0.3, 0.4) is 0 Å². The van der Waals surface area contributed by atoms with Crippen molar-refractivity contribution >= 4 is 5.91 Å². The van der Waals surface area contributed by atoms with Gasteiger partial charge in [0.1, 0.15) is 11.5 Å². The predicted octanol–water partition coefficient (Wildman–Crippen LogP) is 1.14. The van der Waals surface area contributed by atoms with E-state index >= 15 is 0 Å². The summed E-state index contributed by atoms with van der Waals surface area (Å²) in [6.07, 6.45) is 0. The molecule has 104 valence electrons. The Balaban J connectivity index is 2.30. The van der Waals surface area contributed by atoms with E-state index in [1.165, 1.54) is 0 Å². The first-order valence-electron chi connectivity index (χ1n) is 6.41. The maximum absolute atomic E-state index is 12.6. The smallest absolute Gasteiger partial charge is 0.258 e. The van der Waals surface area contributed by atoms with Gasteiger partial charge >= 0.3 is 0 Å². The van der Waals surface area contributed by atoms with Gasteiger partial charge in [0.05, 0.1) is 19.8 Å². The number of hydrogen-bond acceptors (Lipinski definition) is 4. The standard InChI is InChI=1S/C14H20N2O3/c1-10-9-15-6-7-16(10)14(17)12-8-11(18-2)4-5-13(12)19-3/h4-5,8,10,15H,6-7,9H2,1-3H3/t10-/m0/s1. The molecule has 19 heavy (non-hydrogen) atoms. The van der Waals surface area contributed by atoms with Gasteiger partial charge in [-0.25, -0.2) is 0 Å². The van der Waals surface area contributed by atoms with Crippen LogP contribution in [-0.2, 0) is 0 Å². The van der Waals surface area contributed by atoms with Crippen molar-refractivity contribution in [2.75, 3.05) is 33.9 Å². The van der Waals surface area contributed by atoms with E-state index in [1.807, 2.05) is 11.8 Å². The summed E-state index contributed by atoms with van der Waals surface area (Å²) >= 11 is 0. The van der Waals surface area contributed by atoms with Crippen LogP contribution in [0.5, 0.6) is 11.5 Å². The van der Waals surface area contributed by atoms with Crippen LogP contribution < -0.4 is 14.8 Å². The van der Waals surface area contributed by atoms with Crippen molar-refractivity contribution in [3.05, 3.63) is 23.8 Å². The lowest BCUT2D eigenvalue weighted by molar-refractivity contribution is 0.0652. The lowest BCUT2D eigenvalue weighted by atomic mass is 10.1. The molecule has 0 radical (unpaired) electrons. The van der Waals surface area contributed by atoms with Crippen molar-refractivity contribution < 1.29 is 14.3 Å². The number of carbonyl (C=O) groups is 1. The van der Waals surface area contributed by atoms with E-state index in [-0.39, 0.29) is 11.9 Å². The number of carbonyl (C=O) groups excluding carboxylic acids is 1. The Bertz CT molecular complexity index is 462. The molecule has 0 spiro atoms. The van der Waals surface area contributed by atoms with E-state index in [9.17, 15) is 4.79 Å². The van der Waals surface area contributed by atoms with E-state index in [1.54, 1.807) is 32.4 Å². The zero-order valence-electron chi connectivity index (χ0n) is 11.6. The Labute approximate surface area is 113 Å². The summed E-state index contributed by atoms with van der Waals surface area (Å²) in [5.74, 6) is 1.23. The predicted molar refractivity (Wildman–Crippen MR) is 72.9 cm³/mol. The van der Waals surface area contributed by atoms with Gasteiger partial charge in [-0.3, -0.25) is 4.79 Å². The minimum absolute atomic E-state index is 0.00949. The van der Waals surface area contributed by atoms with Crippen molar-refractivity contribution in [2.24, 2.45) is 0 Å². The molecule has 0 unspecified atom stereocenters. The fourth-order valence-corrected chi connectivity index (χ4v) is 2.28. The molecule has 5 nitrogen and oxygen atoms in total. The van der Waals surface area contributed by atoms with Gasteiger partial charge in [-0.1, -0.05) is 0 Å². The monoisotopic (exact) mass is 264 g/mol. The van der Waals surface area contributed by atoms with Crippen LogP contribution >= 0.6 is 0 Å². The van der Waals surface area contributed by atoms with Gasteiger partial charge in [0.15, 0.2) is 0 Å².